The molecular formula is C14H24N4O2S. The van der Waals surface area contributed by atoms with Crippen molar-refractivity contribution in [3.8, 4) is 0 Å². The van der Waals surface area contributed by atoms with Gasteiger partial charge in [-0.15, -0.1) is 0 Å². The van der Waals surface area contributed by atoms with Gasteiger partial charge in [0.25, 0.3) is 0 Å². The number of hydrogen-bond donors (Lipinski definition) is 2. The van der Waals surface area contributed by atoms with E-state index in [1.165, 1.54) is 4.31 Å². The first-order chi connectivity index (χ1) is 9.89. The van der Waals surface area contributed by atoms with Crippen molar-refractivity contribution in [2.45, 2.75) is 20.8 Å². The number of nitrogens with one attached hydrogen (secondary N) is 1. The quantitative estimate of drug-likeness (QED) is 0.588. The van der Waals surface area contributed by atoms with Crippen LogP contribution in [0.2, 0.25) is 0 Å². The number of benzene rings is 1. The maximum absolute atomic E-state index is 12.0. The van der Waals surface area contributed by atoms with E-state index in [1.54, 1.807) is 0 Å². The molecule has 0 saturated carbocycles. The molecule has 0 aromatic heterocycles. The molecule has 0 amide bonds. The van der Waals surface area contributed by atoms with Crippen LogP contribution in [0.4, 0.5) is 5.69 Å². The molecule has 0 fully saturated rings. The van der Waals surface area contributed by atoms with Crippen LogP contribution in [-0.4, -0.2) is 44.1 Å². The van der Waals surface area contributed by atoms with Gasteiger partial charge in [-0.25, -0.2) is 12.7 Å². The molecule has 3 N–H and O–H groups in total. The summed E-state index contributed by atoms with van der Waals surface area (Å²) in [5.41, 5.74) is 7.70. The van der Waals surface area contributed by atoms with Gasteiger partial charge in [-0.3, -0.25) is 4.99 Å². The van der Waals surface area contributed by atoms with Crippen LogP contribution in [0.3, 0.4) is 0 Å². The molecule has 0 aliphatic carbocycles. The maximum Gasteiger partial charge on any atom is 0.215 e. The monoisotopic (exact) mass is 312 g/mol. The summed E-state index contributed by atoms with van der Waals surface area (Å²) in [7, 11) is -3.25. The van der Waals surface area contributed by atoms with Crippen LogP contribution >= 0.6 is 0 Å². The minimum absolute atomic E-state index is 0.0368. The molecule has 0 spiro atoms. The number of nitrogens with two attached hydrogens (primary N) is 1. The van der Waals surface area contributed by atoms with Crippen LogP contribution in [0.1, 0.15) is 19.4 Å². The van der Waals surface area contributed by atoms with Gasteiger partial charge < -0.3 is 11.1 Å². The number of anilines is 1. The molecule has 0 atom stereocenters. The van der Waals surface area contributed by atoms with E-state index in [0.29, 0.717) is 13.1 Å². The van der Waals surface area contributed by atoms with Crippen molar-refractivity contribution in [2.75, 3.05) is 30.7 Å². The molecule has 0 aliphatic heterocycles. The SMILES string of the molecule is CCN(CC)S(=O)(=O)CCN=C(N)Nc1cccc(C)c1. The molecule has 118 valence electrons. The first kappa shape index (κ1) is 17.5. The third-order valence-corrected chi connectivity index (χ3v) is 5.02. The van der Waals surface area contributed by atoms with E-state index in [-0.39, 0.29) is 18.3 Å². The third-order valence-electron chi connectivity index (χ3n) is 3.02. The van der Waals surface area contributed by atoms with Crippen molar-refractivity contribution < 1.29 is 8.42 Å². The number of sulfonamides is 1. The predicted molar refractivity (Wildman–Crippen MR) is 88.0 cm³/mol. The number of nitrogens with zero attached hydrogens (tertiary/aromatic N) is 2. The molecule has 1 aromatic rings. The highest BCUT2D eigenvalue weighted by Crippen LogP contribution is 2.08. The zero-order valence-corrected chi connectivity index (χ0v) is 13.7. The summed E-state index contributed by atoms with van der Waals surface area (Å²) in [6.45, 7) is 6.70. The standard InChI is InChI=1S/C14H24N4O2S/c1-4-18(5-2)21(19,20)10-9-16-14(15)17-13-8-6-7-12(3)11-13/h6-8,11H,4-5,9-10H2,1-3H3,(H3,15,16,17). The number of aliphatic imine (C=N–C) groups is 1. The van der Waals surface area contributed by atoms with Crippen LogP contribution < -0.4 is 11.1 Å². The lowest BCUT2D eigenvalue weighted by Gasteiger charge is -2.17. The molecule has 6 nitrogen and oxygen atoms in total. The van der Waals surface area contributed by atoms with Crippen LogP contribution in [0, 0.1) is 6.92 Å². The Balaban J connectivity index is 2.57. The lowest BCUT2D eigenvalue weighted by molar-refractivity contribution is 0.445. The minimum Gasteiger partial charge on any atom is -0.370 e. The van der Waals surface area contributed by atoms with Crippen LogP contribution in [0.25, 0.3) is 0 Å². The van der Waals surface area contributed by atoms with E-state index < -0.39 is 10.0 Å². The number of guanidine groups is 1. The van der Waals surface area contributed by atoms with E-state index in [1.807, 2.05) is 45.0 Å². The largest absolute Gasteiger partial charge is 0.370 e. The lowest BCUT2D eigenvalue weighted by Crippen LogP contribution is -2.34. The zero-order chi connectivity index (χ0) is 15.9. The second-order valence-electron chi connectivity index (χ2n) is 4.66. The van der Waals surface area contributed by atoms with Gasteiger partial charge in [0.1, 0.15) is 0 Å². The van der Waals surface area contributed by atoms with Gasteiger partial charge in [-0.05, 0) is 24.6 Å². The second kappa shape index (κ2) is 7.99. The normalized spacial score (nSPS) is 12.7. The molecule has 1 aromatic carbocycles. The maximum atomic E-state index is 12.0. The van der Waals surface area contributed by atoms with E-state index in [9.17, 15) is 8.42 Å². The van der Waals surface area contributed by atoms with E-state index in [0.717, 1.165) is 11.3 Å². The Kier molecular flexibility index (Phi) is 6.64. The average molecular weight is 312 g/mol. The Morgan fingerprint density at radius 1 is 1.33 bits per heavy atom. The molecule has 21 heavy (non-hydrogen) atoms. The van der Waals surface area contributed by atoms with Gasteiger partial charge in [0.05, 0.1) is 12.3 Å². The second-order valence-corrected chi connectivity index (χ2v) is 6.75. The molecule has 0 aliphatic rings. The Morgan fingerprint density at radius 3 is 2.57 bits per heavy atom. The van der Waals surface area contributed by atoms with E-state index >= 15 is 0 Å². The molecule has 0 saturated heterocycles. The van der Waals surface area contributed by atoms with Crippen molar-refractivity contribution >= 4 is 21.7 Å². The molecular weight excluding hydrogens is 288 g/mol. The molecule has 0 heterocycles. The van der Waals surface area contributed by atoms with Gasteiger partial charge in [0.15, 0.2) is 5.96 Å². The van der Waals surface area contributed by atoms with Crippen LogP contribution in [0.15, 0.2) is 29.3 Å². The smallest absolute Gasteiger partial charge is 0.215 e. The highest BCUT2D eigenvalue weighted by molar-refractivity contribution is 7.89. The summed E-state index contributed by atoms with van der Waals surface area (Å²) in [5, 5.41) is 2.95. The van der Waals surface area contributed by atoms with Gasteiger partial charge in [0.2, 0.25) is 10.0 Å². The highest BCUT2D eigenvalue weighted by Gasteiger charge is 2.17. The van der Waals surface area contributed by atoms with Gasteiger partial charge in [-0.1, -0.05) is 26.0 Å². The Bertz CT molecular complexity index is 580. The summed E-state index contributed by atoms with van der Waals surface area (Å²) in [5.74, 6) is 0.181. The Hall–Kier alpha value is -1.60. The lowest BCUT2D eigenvalue weighted by atomic mass is 10.2. The fourth-order valence-corrected chi connectivity index (χ4v) is 3.30. The predicted octanol–water partition coefficient (Wildman–Crippen LogP) is 1.39. The van der Waals surface area contributed by atoms with Gasteiger partial charge in [-0.2, -0.15) is 0 Å². The van der Waals surface area contributed by atoms with Crippen molar-refractivity contribution in [3.05, 3.63) is 29.8 Å². The van der Waals surface area contributed by atoms with Crippen LogP contribution in [-0.2, 0) is 10.0 Å². The summed E-state index contributed by atoms with van der Waals surface area (Å²) in [4.78, 5) is 4.06. The molecule has 0 bridgehead atoms. The summed E-state index contributed by atoms with van der Waals surface area (Å²) in [6, 6.07) is 7.71. The number of aryl methyl sites for hydroxylation is 1. The third kappa shape index (κ3) is 5.73. The van der Waals surface area contributed by atoms with Crippen molar-refractivity contribution in [3.63, 3.8) is 0 Å². The first-order valence-electron chi connectivity index (χ1n) is 7.00. The zero-order valence-electron chi connectivity index (χ0n) is 12.8. The fraction of sp³-hybridized carbons (Fsp3) is 0.500. The van der Waals surface area contributed by atoms with Crippen molar-refractivity contribution in [1.82, 2.24) is 4.31 Å². The average Bonchev–Trinajstić information content (AvgIpc) is 2.39. The number of hydrogen-bond acceptors (Lipinski definition) is 3. The number of rotatable bonds is 7. The molecule has 7 heteroatoms. The molecule has 0 radical (unpaired) electrons. The van der Waals surface area contributed by atoms with E-state index in [2.05, 4.69) is 10.3 Å². The Labute approximate surface area is 127 Å². The summed E-state index contributed by atoms with van der Waals surface area (Å²) < 4.78 is 25.4. The Morgan fingerprint density at radius 2 is 2.00 bits per heavy atom. The summed E-state index contributed by atoms with van der Waals surface area (Å²) in [6.07, 6.45) is 0. The van der Waals surface area contributed by atoms with Gasteiger partial charge >= 0.3 is 0 Å². The minimum atomic E-state index is -3.25. The summed E-state index contributed by atoms with van der Waals surface area (Å²) >= 11 is 0. The fourth-order valence-electron chi connectivity index (χ4n) is 1.94. The van der Waals surface area contributed by atoms with Crippen molar-refractivity contribution in [1.29, 1.82) is 0 Å². The molecule has 0 unspecified atom stereocenters. The topological polar surface area (TPSA) is 87.8 Å². The van der Waals surface area contributed by atoms with Crippen LogP contribution in [0.5, 0.6) is 0 Å². The van der Waals surface area contributed by atoms with E-state index in [4.69, 9.17) is 5.73 Å². The highest BCUT2D eigenvalue weighted by atomic mass is 32.2. The molecule has 1 rings (SSSR count). The van der Waals surface area contributed by atoms with Crippen molar-refractivity contribution in [2.24, 2.45) is 10.7 Å². The van der Waals surface area contributed by atoms with Gasteiger partial charge in [0, 0.05) is 18.8 Å². The first-order valence-corrected chi connectivity index (χ1v) is 8.61.